The van der Waals surface area contributed by atoms with Gasteiger partial charge in [0.25, 0.3) is 0 Å². The topological polar surface area (TPSA) is 62.2 Å². The van der Waals surface area contributed by atoms with Crippen LogP contribution in [0.15, 0.2) is 18.3 Å². The first-order chi connectivity index (χ1) is 8.49. The number of anilines is 1. The number of carbonyl (C=O) groups is 1. The van der Waals surface area contributed by atoms with Gasteiger partial charge in [-0.2, -0.15) is 0 Å². The number of aliphatic hydroxyl groups excluding tert-OH is 1. The van der Waals surface area contributed by atoms with Crippen LogP contribution in [0.25, 0.3) is 0 Å². The molecule has 0 aliphatic rings. The highest BCUT2D eigenvalue weighted by Gasteiger charge is 2.25. The molecule has 4 nitrogen and oxygen atoms in total. The van der Waals surface area contributed by atoms with E-state index in [-0.39, 0.29) is 12.5 Å². The Morgan fingerprint density at radius 2 is 2.28 bits per heavy atom. The van der Waals surface area contributed by atoms with E-state index in [1.807, 2.05) is 20.8 Å². The number of rotatable bonds is 3. The van der Waals surface area contributed by atoms with Gasteiger partial charge >= 0.3 is 0 Å². The monoisotopic (exact) mass is 246 g/mol. The highest BCUT2D eigenvalue weighted by molar-refractivity contribution is 5.94. The van der Waals surface area contributed by atoms with Gasteiger partial charge in [0, 0.05) is 17.2 Å². The molecule has 0 spiro atoms. The minimum absolute atomic E-state index is 0.0650. The number of nitrogens with zero attached hydrogens (tertiary/aromatic N) is 1. The molecular formula is C14H18N2O2. The molecular weight excluding hydrogens is 228 g/mol. The standard InChI is InChI=1S/C14H18N2O2/c1-4-14(2,3)13(18)16-12-10-11(6-5-9-17)7-8-15-12/h7-8,10,17H,4,9H2,1-3H3,(H,15,16,18). The zero-order valence-corrected chi connectivity index (χ0v) is 10.9. The summed E-state index contributed by atoms with van der Waals surface area (Å²) < 4.78 is 0. The van der Waals surface area contributed by atoms with Crippen molar-refractivity contribution >= 4 is 11.7 Å². The van der Waals surface area contributed by atoms with Crippen LogP contribution in [0.1, 0.15) is 32.8 Å². The van der Waals surface area contributed by atoms with E-state index in [1.165, 1.54) is 0 Å². The van der Waals surface area contributed by atoms with E-state index in [4.69, 9.17) is 5.11 Å². The van der Waals surface area contributed by atoms with Gasteiger partial charge in [0.15, 0.2) is 0 Å². The first-order valence-corrected chi connectivity index (χ1v) is 5.87. The summed E-state index contributed by atoms with van der Waals surface area (Å²) in [7, 11) is 0. The van der Waals surface area contributed by atoms with E-state index in [2.05, 4.69) is 22.1 Å². The summed E-state index contributed by atoms with van der Waals surface area (Å²) in [5.41, 5.74) is 0.290. The number of nitrogens with one attached hydrogen (secondary N) is 1. The largest absolute Gasteiger partial charge is 0.384 e. The van der Waals surface area contributed by atoms with Gasteiger partial charge in [0.2, 0.25) is 5.91 Å². The molecule has 0 fully saturated rings. The number of aliphatic hydroxyl groups is 1. The molecule has 0 unspecified atom stereocenters. The third kappa shape index (κ3) is 3.86. The van der Waals surface area contributed by atoms with E-state index in [0.717, 1.165) is 6.42 Å². The summed E-state index contributed by atoms with van der Waals surface area (Å²) in [4.78, 5) is 16.0. The first-order valence-electron chi connectivity index (χ1n) is 5.87. The summed E-state index contributed by atoms with van der Waals surface area (Å²) in [6, 6.07) is 3.41. The number of hydrogen-bond donors (Lipinski definition) is 2. The smallest absolute Gasteiger partial charge is 0.231 e. The average molecular weight is 246 g/mol. The first kappa shape index (κ1) is 14.2. The Morgan fingerprint density at radius 3 is 2.89 bits per heavy atom. The fourth-order valence-electron chi connectivity index (χ4n) is 1.16. The predicted octanol–water partition coefficient (Wildman–Crippen LogP) is 1.80. The molecule has 1 aromatic rings. The molecule has 2 N–H and O–H groups in total. The van der Waals surface area contributed by atoms with E-state index in [1.54, 1.807) is 18.3 Å². The minimum Gasteiger partial charge on any atom is -0.384 e. The molecule has 0 atom stereocenters. The van der Waals surface area contributed by atoms with Gasteiger partial charge in [0.1, 0.15) is 12.4 Å². The molecule has 96 valence electrons. The van der Waals surface area contributed by atoms with Crippen LogP contribution in [0.5, 0.6) is 0 Å². The fourth-order valence-corrected chi connectivity index (χ4v) is 1.16. The SMILES string of the molecule is CCC(C)(C)C(=O)Nc1cc(C#CCO)ccn1. The molecule has 0 saturated carbocycles. The quantitative estimate of drug-likeness (QED) is 0.799. The summed E-state index contributed by atoms with van der Waals surface area (Å²) >= 11 is 0. The van der Waals surface area contributed by atoms with E-state index in [9.17, 15) is 4.79 Å². The number of hydrogen-bond acceptors (Lipinski definition) is 3. The van der Waals surface area contributed by atoms with Crippen LogP contribution in [0.4, 0.5) is 5.82 Å². The molecule has 1 heterocycles. The Balaban J connectivity index is 2.83. The van der Waals surface area contributed by atoms with Crippen LogP contribution >= 0.6 is 0 Å². The lowest BCUT2D eigenvalue weighted by Crippen LogP contribution is -2.30. The van der Waals surface area contributed by atoms with Gasteiger partial charge in [-0.15, -0.1) is 0 Å². The van der Waals surface area contributed by atoms with E-state index < -0.39 is 5.41 Å². The Hall–Kier alpha value is -1.86. The van der Waals surface area contributed by atoms with Crippen molar-refractivity contribution in [2.75, 3.05) is 11.9 Å². The van der Waals surface area contributed by atoms with Crippen LogP contribution in [-0.2, 0) is 4.79 Å². The highest BCUT2D eigenvalue weighted by atomic mass is 16.2. The lowest BCUT2D eigenvalue weighted by atomic mass is 9.89. The normalized spacial score (nSPS) is 10.4. The summed E-state index contributed by atoms with van der Waals surface area (Å²) in [5, 5.41) is 11.4. The number of aromatic nitrogens is 1. The van der Waals surface area contributed by atoms with Gasteiger partial charge in [-0.3, -0.25) is 4.79 Å². The lowest BCUT2D eigenvalue weighted by Gasteiger charge is -2.21. The second-order valence-electron chi connectivity index (χ2n) is 4.58. The molecule has 0 aliphatic carbocycles. The molecule has 0 aromatic carbocycles. The summed E-state index contributed by atoms with van der Waals surface area (Å²) in [6.07, 6.45) is 2.33. The van der Waals surface area contributed by atoms with Crippen LogP contribution in [0, 0.1) is 17.3 Å². The van der Waals surface area contributed by atoms with Gasteiger partial charge < -0.3 is 10.4 Å². The van der Waals surface area contributed by atoms with Crippen molar-refractivity contribution in [3.8, 4) is 11.8 Å². The Bertz CT molecular complexity index is 484. The molecule has 18 heavy (non-hydrogen) atoms. The predicted molar refractivity (Wildman–Crippen MR) is 70.9 cm³/mol. The van der Waals surface area contributed by atoms with Crippen molar-refractivity contribution < 1.29 is 9.90 Å². The van der Waals surface area contributed by atoms with Crippen molar-refractivity contribution in [3.05, 3.63) is 23.9 Å². The fraction of sp³-hybridized carbons (Fsp3) is 0.429. The highest BCUT2D eigenvalue weighted by Crippen LogP contribution is 2.21. The van der Waals surface area contributed by atoms with Crippen LogP contribution in [0.2, 0.25) is 0 Å². The lowest BCUT2D eigenvalue weighted by molar-refractivity contribution is -0.124. The molecule has 1 rings (SSSR count). The molecule has 0 aliphatic heterocycles. The Morgan fingerprint density at radius 1 is 1.56 bits per heavy atom. The van der Waals surface area contributed by atoms with E-state index >= 15 is 0 Å². The number of carbonyl (C=O) groups excluding carboxylic acids is 1. The van der Waals surface area contributed by atoms with Crippen LogP contribution in [0.3, 0.4) is 0 Å². The van der Waals surface area contributed by atoms with Crippen molar-refractivity contribution in [2.24, 2.45) is 5.41 Å². The zero-order valence-electron chi connectivity index (χ0n) is 10.9. The third-order valence-electron chi connectivity index (χ3n) is 2.81. The van der Waals surface area contributed by atoms with Crippen molar-refractivity contribution in [2.45, 2.75) is 27.2 Å². The van der Waals surface area contributed by atoms with Gasteiger partial charge in [-0.05, 0) is 18.6 Å². The maximum Gasteiger partial charge on any atom is 0.231 e. The maximum atomic E-state index is 12.0. The van der Waals surface area contributed by atoms with Crippen LogP contribution < -0.4 is 5.32 Å². The van der Waals surface area contributed by atoms with Crippen molar-refractivity contribution in [1.82, 2.24) is 4.98 Å². The number of pyridine rings is 1. The van der Waals surface area contributed by atoms with Crippen molar-refractivity contribution in [1.29, 1.82) is 0 Å². The Kier molecular flexibility index (Phi) is 4.87. The van der Waals surface area contributed by atoms with E-state index in [0.29, 0.717) is 11.4 Å². The Labute approximate surface area is 107 Å². The second kappa shape index (κ2) is 6.18. The van der Waals surface area contributed by atoms with Gasteiger partial charge in [-0.25, -0.2) is 4.98 Å². The maximum absolute atomic E-state index is 12.0. The van der Waals surface area contributed by atoms with Gasteiger partial charge in [0.05, 0.1) is 0 Å². The number of amides is 1. The summed E-state index contributed by atoms with van der Waals surface area (Å²) in [5.74, 6) is 5.73. The molecule has 0 saturated heterocycles. The molecule has 0 radical (unpaired) electrons. The van der Waals surface area contributed by atoms with Gasteiger partial charge in [-0.1, -0.05) is 32.6 Å². The average Bonchev–Trinajstić information content (AvgIpc) is 2.36. The molecule has 1 amide bonds. The second-order valence-corrected chi connectivity index (χ2v) is 4.58. The third-order valence-corrected chi connectivity index (χ3v) is 2.81. The zero-order chi connectivity index (χ0) is 13.6. The molecule has 0 bridgehead atoms. The minimum atomic E-state index is -0.422. The molecule has 1 aromatic heterocycles. The summed E-state index contributed by atoms with van der Waals surface area (Å²) in [6.45, 7) is 5.55. The van der Waals surface area contributed by atoms with Crippen molar-refractivity contribution in [3.63, 3.8) is 0 Å². The molecule has 4 heteroatoms. The van der Waals surface area contributed by atoms with Crippen LogP contribution in [-0.4, -0.2) is 22.6 Å².